The number of rotatable bonds is 4. The lowest BCUT2D eigenvalue weighted by atomic mass is 10.0. The third-order valence-corrected chi connectivity index (χ3v) is 3.78. The normalized spacial score (nSPS) is 21.0. The Bertz CT molecular complexity index is 415. The first-order valence-electron chi connectivity index (χ1n) is 6.61. The maximum atomic E-state index is 11.9. The van der Waals surface area contributed by atoms with Gasteiger partial charge in [-0.2, -0.15) is 0 Å². The molecule has 2 aliphatic carbocycles. The highest BCUT2D eigenvalue weighted by molar-refractivity contribution is 5.81. The van der Waals surface area contributed by atoms with Crippen molar-refractivity contribution in [3.8, 4) is 0 Å². The van der Waals surface area contributed by atoms with Crippen molar-refractivity contribution in [2.45, 2.75) is 38.6 Å². The van der Waals surface area contributed by atoms with Gasteiger partial charge < -0.3 is 5.32 Å². The van der Waals surface area contributed by atoms with Gasteiger partial charge in [-0.05, 0) is 44.1 Å². The summed E-state index contributed by atoms with van der Waals surface area (Å²) in [5, 5.41) is 3.24. The molecule has 0 unspecified atom stereocenters. The molecule has 0 radical (unpaired) electrons. The van der Waals surface area contributed by atoms with E-state index in [1.807, 2.05) is 0 Å². The number of nitrogens with one attached hydrogen (secondary N) is 1. The van der Waals surface area contributed by atoms with Gasteiger partial charge >= 0.3 is 0 Å². The van der Waals surface area contributed by atoms with Crippen LogP contribution >= 0.6 is 0 Å². The Hall–Kier alpha value is -1.31. The minimum absolute atomic E-state index is 0.253. The van der Waals surface area contributed by atoms with Crippen LogP contribution in [0.15, 0.2) is 24.3 Å². The Kier molecular flexibility index (Phi) is 2.65. The van der Waals surface area contributed by atoms with E-state index in [-0.39, 0.29) is 11.9 Å². The SMILES string of the molecule is Cc1ccc([C@H](NC(=O)C2CC2)C2CC2)cc1. The molecule has 2 aliphatic rings. The molecule has 2 saturated carbocycles. The summed E-state index contributed by atoms with van der Waals surface area (Å²) in [4.78, 5) is 11.9. The molecule has 3 rings (SSSR count). The lowest BCUT2D eigenvalue weighted by Crippen LogP contribution is -2.30. The van der Waals surface area contributed by atoms with Gasteiger partial charge in [0, 0.05) is 5.92 Å². The molecular weight excluding hydrogens is 210 g/mol. The van der Waals surface area contributed by atoms with Gasteiger partial charge in [0.25, 0.3) is 0 Å². The van der Waals surface area contributed by atoms with Crippen LogP contribution in [0.3, 0.4) is 0 Å². The minimum Gasteiger partial charge on any atom is -0.349 e. The summed E-state index contributed by atoms with van der Waals surface area (Å²) in [6.07, 6.45) is 4.67. The van der Waals surface area contributed by atoms with Gasteiger partial charge in [-0.1, -0.05) is 29.8 Å². The molecule has 0 bridgehead atoms. The standard InChI is InChI=1S/C15H19NO/c1-10-2-4-11(5-3-10)14(12-6-7-12)16-15(17)13-8-9-13/h2-5,12-14H,6-9H2,1H3,(H,16,17)/t14-/m0/s1. The van der Waals surface area contributed by atoms with E-state index >= 15 is 0 Å². The maximum absolute atomic E-state index is 11.9. The van der Waals surface area contributed by atoms with Crippen molar-refractivity contribution in [2.75, 3.05) is 0 Å². The molecule has 90 valence electrons. The summed E-state index contributed by atoms with van der Waals surface area (Å²) in [7, 11) is 0. The van der Waals surface area contributed by atoms with E-state index < -0.39 is 0 Å². The molecule has 17 heavy (non-hydrogen) atoms. The Morgan fingerprint density at radius 2 is 1.82 bits per heavy atom. The lowest BCUT2D eigenvalue weighted by molar-refractivity contribution is -0.123. The van der Waals surface area contributed by atoms with Crippen molar-refractivity contribution in [2.24, 2.45) is 11.8 Å². The number of aryl methyl sites for hydroxylation is 1. The number of carbonyl (C=O) groups excluding carboxylic acids is 1. The molecule has 2 heteroatoms. The quantitative estimate of drug-likeness (QED) is 0.845. The summed E-state index contributed by atoms with van der Waals surface area (Å²) in [6.45, 7) is 2.10. The van der Waals surface area contributed by atoms with Crippen LogP contribution in [0.1, 0.15) is 42.9 Å². The summed E-state index contributed by atoms with van der Waals surface area (Å²) < 4.78 is 0. The number of benzene rings is 1. The smallest absolute Gasteiger partial charge is 0.223 e. The van der Waals surface area contributed by atoms with Crippen LogP contribution in [0.4, 0.5) is 0 Å². The van der Waals surface area contributed by atoms with Crippen LogP contribution in [0.5, 0.6) is 0 Å². The number of amides is 1. The summed E-state index contributed by atoms with van der Waals surface area (Å²) in [6, 6.07) is 8.84. The van der Waals surface area contributed by atoms with Crippen molar-refractivity contribution < 1.29 is 4.79 Å². The lowest BCUT2D eigenvalue weighted by Gasteiger charge is -2.19. The predicted molar refractivity (Wildman–Crippen MR) is 67.5 cm³/mol. The molecule has 2 fully saturated rings. The second kappa shape index (κ2) is 4.17. The highest BCUT2D eigenvalue weighted by Crippen LogP contribution is 2.42. The molecule has 1 N–H and O–H groups in total. The second-order valence-electron chi connectivity index (χ2n) is 5.51. The van der Waals surface area contributed by atoms with Crippen LogP contribution in [-0.4, -0.2) is 5.91 Å². The zero-order valence-electron chi connectivity index (χ0n) is 10.3. The third kappa shape index (κ3) is 2.51. The van der Waals surface area contributed by atoms with Crippen molar-refractivity contribution in [3.63, 3.8) is 0 Å². The van der Waals surface area contributed by atoms with E-state index in [2.05, 4.69) is 36.5 Å². The van der Waals surface area contributed by atoms with Gasteiger partial charge in [0.15, 0.2) is 0 Å². The summed E-state index contributed by atoms with van der Waals surface area (Å²) >= 11 is 0. The minimum atomic E-state index is 0.253. The summed E-state index contributed by atoms with van der Waals surface area (Å²) in [5.41, 5.74) is 2.55. The molecule has 1 aromatic carbocycles. The van der Waals surface area contributed by atoms with Gasteiger partial charge in [-0.3, -0.25) is 4.79 Å². The first-order valence-corrected chi connectivity index (χ1v) is 6.61. The van der Waals surface area contributed by atoms with Crippen molar-refractivity contribution >= 4 is 5.91 Å². The van der Waals surface area contributed by atoms with E-state index in [1.165, 1.54) is 24.0 Å². The zero-order valence-corrected chi connectivity index (χ0v) is 10.3. The Labute approximate surface area is 102 Å². The monoisotopic (exact) mass is 229 g/mol. The van der Waals surface area contributed by atoms with Crippen LogP contribution < -0.4 is 5.32 Å². The van der Waals surface area contributed by atoms with Crippen molar-refractivity contribution in [1.29, 1.82) is 0 Å². The first-order chi connectivity index (χ1) is 8.24. The molecule has 0 heterocycles. The maximum Gasteiger partial charge on any atom is 0.223 e. The Balaban J connectivity index is 1.74. The first kappa shape index (κ1) is 10.8. The van der Waals surface area contributed by atoms with Crippen LogP contribution in [0, 0.1) is 18.8 Å². The highest BCUT2D eigenvalue weighted by atomic mass is 16.2. The topological polar surface area (TPSA) is 29.1 Å². The fraction of sp³-hybridized carbons (Fsp3) is 0.533. The van der Waals surface area contributed by atoms with Gasteiger partial charge in [-0.15, -0.1) is 0 Å². The molecule has 1 aromatic rings. The van der Waals surface area contributed by atoms with Crippen LogP contribution in [0.2, 0.25) is 0 Å². The fourth-order valence-corrected chi connectivity index (χ4v) is 2.29. The van der Waals surface area contributed by atoms with Crippen molar-refractivity contribution in [1.82, 2.24) is 5.32 Å². The highest BCUT2D eigenvalue weighted by Gasteiger charge is 2.37. The van der Waals surface area contributed by atoms with Gasteiger partial charge in [-0.25, -0.2) is 0 Å². The third-order valence-electron chi connectivity index (χ3n) is 3.78. The number of hydrogen-bond donors (Lipinski definition) is 1. The Morgan fingerprint density at radius 3 is 2.35 bits per heavy atom. The van der Waals surface area contributed by atoms with Gasteiger partial charge in [0.05, 0.1) is 6.04 Å². The molecule has 0 saturated heterocycles. The largest absolute Gasteiger partial charge is 0.349 e. The van der Waals surface area contributed by atoms with Crippen LogP contribution in [-0.2, 0) is 4.79 Å². The summed E-state index contributed by atoms with van der Waals surface area (Å²) in [5.74, 6) is 1.24. The van der Waals surface area contributed by atoms with Crippen molar-refractivity contribution in [3.05, 3.63) is 35.4 Å². The molecule has 0 aliphatic heterocycles. The van der Waals surface area contributed by atoms with E-state index in [0.717, 1.165) is 12.8 Å². The average Bonchev–Trinajstić information content (AvgIpc) is 3.18. The Morgan fingerprint density at radius 1 is 1.18 bits per heavy atom. The molecule has 0 spiro atoms. The number of carbonyl (C=O) groups is 1. The molecule has 0 aromatic heterocycles. The molecular formula is C15H19NO. The van der Waals surface area contributed by atoms with E-state index in [4.69, 9.17) is 0 Å². The second-order valence-corrected chi connectivity index (χ2v) is 5.51. The van der Waals surface area contributed by atoms with Gasteiger partial charge in [0.2, 0.25) is 5.91 Å². The van der Waals surface area contributed by atoms with Crippen LogP contribution in [0.25, 0.3) is 0 Å². The fourth-order valence-electron chi connectivity index (χ4n) is 2.29. The zero-order chi connectivity index (χ0) is 11.8. The molecule has 2 nitrogen and oxygen atoms in total. The number of hydrogen-bond acceptors (Lipinski definition) is 1. The van der Waals surface area contributed by atoms with E-state index in [9.17, 15) is 4.79 Å². The molecule has 1 atom stereocenters. The van der Waals surface area contributed by atoms with E-state index in [0.29, 0.717) is 11.8 Å². The van der Waals surface area contributed by atoms with Gasteiger partial charge in [0.1, 0.15) is 0 Å². The average molecular weight is 229 g/mol. The van der Waals surface area contributed by atoms with E-state index in [1.54, 1.807) is 0 Å². The molecule has 1 amide bonds. The predicted octanol–water partition coefficient (Wildman–Crippen LogP) is 2.97.